The van der Waals surface area contributed by atoms with Crippen LogP contribution in [-0.4, -0.2) is 40.4 Å². The van der Waals surface area contributed by atoms with E-state index < -0.39 is 17.5 Å². The summed E-state index contributed by atoms with van der Waals surface area (Å²) in [5.41, 5.74) is -2.19. The number of carboxylic acid groups (broad SMARTS) is 1. The summed E-state index contributed by atoms with van der Waals surface area (Å²) in [6.45, 7) is 3.12. The van der Waals surface area contributed by atoms with Gasteiger partial charge in [0, 0.05) is 5.92 Å². The minimum atomic E-state index is -2.19. The summed E-state index contributed by atoms with van der Waals surface area (Å²) in [4.78, 5) is 19.0. The lowest BCUT2D eigenvalue weighted by atomic mass is 9.89. The summed E-state index contributed by atoms with van der Waals surface area (Å²) < 4.78 is 9.83. The molecule has 1 unspecified atom stereocenters. The molecule has 1 rings (SSSR count). The molecule has 7 heteroatoms. The van der Waals surface area contributed by atoms with Crippen molar-refractivity contribution in [3.8, 4) is 11.8 Å². The zero-order valence-corrected chi connectivity index (χ0v) is 10.7. The molecule has 0 aliphatic carbocycles. The number of ether oxygens (including phenoxy) is 2. The van der Waals surface area contributed by atoms with Gasteiger partial charge in [-0.05, 0) is 0 Å². The Balaban J connectivity index is 3.41. The Hall–Kier alpha value is -1.89. The number of carbonyl (C=O) groups is 1. The number of rotatable bonds is 5. The van der Waals surface area contributed by atoms with Crippen molar-refractivity contribution >= 4 is 5.97 Å². The molecule has 0 radical (unpaired) electrons. The third kappa shape index (κ3) is 2.35. The second kappa shape index (κ2) is 5.18. The highest BCUT2D eigenvalue weighted by Crippen LogP contribution is 2.30. The second-order valence-corrected chi connectivity index (χ2v) is 4.00. The molecule has 1 aromatic rings. The minimum Gasteiger partial charge on any atom is -0.481 e. The number of methoxy groups -OCH3 is 2. The molecule has 0 aliphatic heterocycles. The molecule has 2 N–H and O–H groups in total. The lowest BCUT2D eigenvalue weighted by Gasteiger charge is -2.26. The summed E-state index contributed by atoms with van der Waals surface area (Å²) in [5.74, 6) is -2.06. The first-order valence-electron chi connectivity index (χ1n) is 5.29. The highest BCUT2D eigenvalue weighted by atomic mass is 16.5. The van der Waals surface area contributed by atoms with Gasteiger partial charge in [-0.3, -0.25) is 0 Å². The third-order valence-corrected chi connectivity index (χ3v) is 2.60. The van der Waals surface area contributed by atoms with Crippen LogP contribution in [0.2, 0.25) is 0 Å². The van der Waals surface area contributed by atoms with Gasteiger partial charge in [-0.1, -0.05) is 13.8 Å². The van der Waals surface area contributed by atoms with Crippen LogP contribution in [0, 0.1) is 5.92 Å². The predicted molar refractivity (Wildman–Crippen MR) is 61.5 cm³/mol. The van der Waals surface area contributed by atoms with Crippen molar-refractivity contribution in [2.75, 3.05) is 14.2 Å². The van der Waals surface area contributed by atoms with Crippen LogP contribution in [0.15, 0.2) is 6.07 Å². The van der Waals surface area contributed by atoms with Crippen LogP contribution in [0.1, 0.15) is 19.7 Å². The molecule has 0 saturated heterocycles. The van der Waals surface area contributed by atoms with E-state index in [0.717, 1.165) is 0 Å². The molecular formula is C11H16N2O5. The van der Waals surface area contributed by atoms with E-state index in [-0.39, 0.29) is 17.6 Å². The third-order valence-electron chi connectivity index (χ3n) is 2.60. The van der Waals surface area contributed by atoms with E-state index in [2.05, 4.69) is 9.97 Å². The summed E-state index contributed by atoms with van der Waals surface area (Å²) in [6, 6.07) is 1.39. The van der Waals surface area contributed by atoms with Crippen LogP contribution in [0.4, 0.5) is 0 Å². The van der Waals surface area contributed by atoms with Crippen LogP contribution >= 0.6 is 0 Å². The van der Waals surface area contributed by atoms with E-state index in [1.54, 1.807) is 13.8 Å². The Morgan fingerprint density at radius 1 is 1.28 bits per heavy atom. The van der Waals surface area contributed by atoms with E-state index >= 15 is 0 Å². The molecule has 1 atom stereocenters. The van der Waals surface area contributed by atoms with Crippen LogP contribution in [0.25, 0.3) is 0 Å². The lowest BCUT2D eigenvalue weighted by Crippen LogP contribution is -2.42. The molecule has 1 heterocycles. The Labute approximate surface area is 104 Å². The Bertz CT molecular complexity index is 427. The highest BCUT2D eigenvalue weighted by molar-refractivity contribution is 5.78. The van der Waals surface area contributed by atoms with E-state index in [0.29, 0.717) is 0 Å². The van der Waals surface area contributed by atoms with Crippen molar-refractivity contribution in [3.05, 3.63) is 11.9 Å². The molecule has 18 heavy (non-hydrogen) atoms. The van der Waals surface area contributed by atoms with Crippen LogP contribution in [-0.2, 0) is 10.4 Å². The number of aliphatic carboxylic acids is 1. The smallest absolute Gasteiger partial charge is 0.344 e. The van der Waals surface area contributed by atoms with Crippen LogP contribution in [0.3, 0.4) is 0 Å². The first-order valence-corrected chi connectivity index (χ1v) is 5.29. The zero-order chi connectivity index (χ0) is 13.9. The fourth-order valence-electron chi connectivity index (χ4n) is 1.38. The number of hydrogen-bond donors (Lipinski definition) is 2. The largest absolute Gasteiger partial charge is 0.481 e. The number of carboxylic acids is 1. The Kier molecular flexibility index (Phi) is 4.07. The molecule has 0 fully saturated rings. The Morgan fingerprint density at radius 2 is 1.72 bits per heavy atom. The molecular weight excluding hydrogens is 240 g/mol. The summed E-state index contributed by atoms with van der Waals surface area (Å²) in [6.07, 6.45) is 0. The maximum atomic E-state index is 11.3. The van der Waals surface area contributed by atoms with Crippen molar-refractivity contribution < 1.29 is 24.5 Å². The van der Waals surface area contributed by atoms with Gasteiger partial charge in [-0.2, -0.15) is 9.97 Å². The van der Waals surface area contributed by atoms with Gasteiger partial charge in [0.2, 0.25) is 17.4 Å². The number of hydrogen-bond acceptors (Lipinski definition) is 6. The molecule has 0 bridgehead atoms. The lowest BCUT2D eigenvalue weighted by molar-refractivity contribution is -0.166. The average molecular weight is 256 g/mol. The molecule has 0 amide bonds. The van der Waals surface area contributed by atoms with Crippen molar-refractivity contribution in [1.29, 1.82) is 0 Å². The molecule has 0 aliphatic rings. The quantitative estimate of drug-likeness (QED) is 0.787. The molecule has 0 saturated carbocycles. The van der Waals surface area contributed by atoms with Gasteiger partial charge in [-0.15, -0.1) is 0 Å². The topological polar surface area (TPSA) is 102 Å². The zero-order valence-electron chi connectivity index (χ0n) is 10.7. The second-order valence-electron chi connectivity index (χ2n) is 4.00. The van der Waals surface area contributed by atoms with Crippen LogP contribution < -0.4 is 9.47 Å². The van der Waals surface area contributed by atoms with Gasteiger partial charge >= 0.3 is 5.97 Å². The van der Waals surface area contributed by atoms with Crippen molar-refractivity contribution in [3.63, 3.8) is 0 Å². The summed E-state index contributed by atoms with van der Waals surface area (Å²) >= 11 is 0. The summed E-state index contributed by atoms with van der Waals surface area (Å²) in [7, 11) is 2.75. The van der Waals surface area contributed by atoms with E-state index in [1.165, 1.54) is 20.3 Å². The normalized spacial score (nSPS) is 14.1. The SMILES string of the molecule is COc1cc(OC)nc(C(O)(C(=O)O)C(C)C)n1. The molecule has 0 spiro atoms. The maximum absolute atomic E-state index is 11.3. The van der Waals surface area contributed by atoms with Crippen LogP contribution in [0.5, 0.6) is 11.8 Å². The van der Waals surface area contributed by atoms with Crippen molar-refractivity contribution in [2.45, 2.75) is 19.4 Å². The number of aromatic nitrogens is 2. The van der Waals surface area contributed by atoms with E-state index in [9.17, 15) is 15.0 Å². The fourth-order valence-corrected chi connectivity index (χ4v) is 1.38. The average Bonchev–Trinajstić information content (AvgIpc) is 2.36. The van der Waals surface area contributed by atoms with E-state index in [1.807, 2.05) is 0 Å². The van der Waals surface area contributed by atoms with E-state index in [4.69, 9.17) is 9.47 Å². The fraction of sp³-hybridized carbons (Fsp3) is 0.545. The van der Waals surface area contributed by atoms with Crippen molar-refractivity contribution in [1.82, 2.24) is 9.97 Å². The highest BCUT2D eigenvalue weighted by Gasteiger charge is 2.45. The molecule has 7 nitrogen and oxygen atoms in total. The number of nitrogens with zero attached hydrogens (tertiary/aromatic N) is 2. The van der Waals surface area contributed by atoms with Gasteiger partial charge in [-0.25, -0.2) is 4.79 Å². The molecule has 100 valence electrons. The standard InChI is InChI=1S/C11H16N2O5/c1-6(2)11(16,10(14)15)9-12-7(17-3)5-8(13-9)18-4/h5-6,16H,1-4H3,(H,14,15). The molecule has 0 aromatic carbocycles. The summed E-state index contributed by atoms with van der Waals surface area (Å²) in [5, 5.41) is 19.4. The minimum absolute atomic E-state index is 0.122. The monoisotopic (exact) mass is 256 g/mol. The van der Waals surface area contributed by atoms with Gasteiger partial charge in [0.25, 0.3) is 0 Å². The maximum Gasteiger partial charge on any atom is 0.344 e. The van der Waals surface area contributed by atoms with Gasteiger partial charge in [0.15, 0.2) is 5.82 Å². The number of aliphatic hydroxyl groups is 1. The van der Waals surface area contributed by atoms with Gasteiger partial charge < -0.3 is 19.7 Å². The predicted octanol–water partition coefficient (Wildman–Crippen LogP) is 0.422. The van der Waals surface area contributed by atoms with Gasteiger partial charge in [0.05, 0.1) is 20.3 Å². The van der Waals surface area contributed by atoms with Gasteiger partial charge in [0.1, 0.15) is 0 Å². The van der Waals surface area contributed by atoms with Crippen molar-refractivity contribution in [2.24, 2.45) is 5.92 Å². The molecule has 1 aromatic heterocycles. The first-order chi connectivity index (χ1) is 8.36. The Morgan fingerprint density at radius 3 is 2.00 bits per heavy atom. The first kappa shape index (κ1) is 14.2.